The van der Waals surface area contributed by atoms with Crippen LogP contribution in [0.15, 0.2) is 54.6 Å². The third-order valence-corrected chi connectivity index (χ3v) is 3.13. The van der Waals surface area contributed by atoms with Gasteiger partial charge in [-0.15, -0.1) is 0 Å². The average molecular weight is 266 g/mol. The number of carbonyl (C=O) groups excluding carboxylic acids is 3. The molecule has 0 saturated carbocycles. The number of hydrogen-bond acceptors (Lipinski definition) is 3. The average Bonchev–Trinajstić information content (AvgIpc) is 2.79. The van der Waals surface area contributed by atoms with Crippen LogP contribution in [0, 0.1) is 0 Å². The first kappa shape index (κ1) is 11.1. The van der Waals surface area contributed by atoms with Gasteiger partial charge in [0.2, 0.25) is 0 Å². The number of nitrogens with zero attached hydrogens (tertiary/aromatic N) is 1. The Morgan fingerprint density at radius 1 is 0.900 bits per heavy atom. The zero-order valence-corrected chi connectivity index (χ0v) is 10.4. The number of fused-ring (bicyclic) bond motifs is 1. The Morgan fingerprint density at radius 3 is 1.95 bits per heavy atom. The van der Waals surface area contributed by atoms with E-state index >= 15 is 0 Å². The summed E-state index contributed by atoms with van der Waals surface area (Å²) in [7, 11) is 0. The van der Waals surface area contributed by atoms with Crippen molar-refractivity contribution >= 4 is 17.6 Å². The first-order chi connectivity index (χ1) is 10.1. The summed E-state index contributed by atoms with van der Waals surface area (Å²) in [5, 5.41) is 0. The van der Waals surface area contributed by atoms with Gasteiger partial charge < -0.3 is 0 Å². The molecule has 2 amide bonds. The van der Waals surface area contributed by atoms with E-state index < -0.39 is 24.1 Å². The van der Waals surface area contributed by atoms with Crippen molar-refractivity contribution in [3.8, 4) is 0 Å². The molecule has 0 unspecified atom stereocenters. The first-order valence-electron chi connectivity index (χ1n) is 6.67. The van der Waals surface area contributed by atoms with Crippen LogP contribution in [-0.2, 0) is 0 Å². The normalized spacial score (nSPS) is 15.8. The van der Waals surface area contributed by atoms with Crippen LogP contribution in [0.5, 0.6) is 0 Å². The smallest absolute Gasteiger partial charge is 0.261 e. The summed E-state index contributed by atoms with van der Waals surface area (Å²) in [5.41, 5.74) is 0.773. The molecule has 0 aliphatic carbocycles. The molecule has 1 aliphatic rings. The van der Waals surface area contributed by atoms with Crippen LogP contribution >= 0.6 is 0 Å². The molecule has 1 heterocycles. The summed E-state index contributed by atoms with van der Waals surface area (Å²) in [6.07, 6.45) is 0. The van der Waals surface area contributed by atoms with E-state index in [1.54, 1.807) is 42.5 Å². The molecule has 1 atom stereocenters. The zero-order valence-electron chi connectivity index (χ0n) is 11.4. The maximum Gasteiger partial charge on any atom is 0.261 e. The predicted molar refractivity (Wildman–Crippen MR) is 72.6 cm³/mol. The minimum absolute atomic E-state index is 0.237. The summed E-state index contributed by atoms with van der Waals surface area (Å²) in [6, 6.07) is 14.5. The fourth-order valence-corrected chi connectivity index (χ4v) is 2.12. The largest absolute Gasteiger partial charge is 0.292 e. The topological polar surface area (TPSA) is 54.5 Å². The number of rotatable bonds is 3. The number of amides is 2. The molecule has 0 aromatic heterocycles. The van der Waals surface area contributed by atoms with E-state index in [2.05, 4.69) is 0 Å². The lowest BCUT2D eigenvalue weighted by Gasteiger charge is -2.12. The predicted octanol–water partition coefficient (Wildman–Crippen LogP) is 2.17. The summed E-state index contributed by atoms with van der Waals surface area (Å²) < 4.78 is 7.98. The second-order valence-corrected chi connectivity index (χ2v) is 4.39. The maximum atomic E-state index is 12.2. The van der Waals surface area contributed by atoms with Gasteiger partial charge in [0.05, 0.1) is 19.0 Å². The maximum absolute atomic E-state index is 12.2. The van der Waals surface area contributed by atoms with Crippen molar-refractivity contribution in [1.29, 1.82) is 0 Å². The molecule has 0 fully saturated rings. The molecule has 98 valence electrons. The molecule has 0 N–H and O–H groups in total. The highest BCUT2D eigenvalue weighted by Crippen LogP contribution is 2.22. The quantitative estimate of drug-likeness (QED) is 0.632. The molecule has 20 heavy (non-hydrogen) atoms. The highest BCUT2D eigenvalue weighted by atomic mass is 16.2. The van der Waals surface area contributed by atoms with Crippen molar-refractivity contribution in [2.24, 2.45) is 0 Å². The molecule has 1 aliphatic heterocycles. The molecule has 0 saturated heterocycles. The van der Waals surface area contributed by atoms with Gasteiger partial charge in [-0.2, -0.15) is 0 Å². The van der Waals surface area contributed by atoms with Crippen molar-refractivity contribution in [2.45, 2.75) is 0 Å². The van der Waals surface area contributed by atoms with Crippen molar-refractivity contribution < 1.29 is 15.8 Å². The Hall–Kier alpha value is -2.75. The lowest BCUT2D eigenvalue weighted by atomic mass is 10.1. The molecule has 0 bridgehead atoms. The molecular formula is C16H11NO3. The zero-order chi connectivity index (χ0) is 15.0. The molecule has 0 spiro atoms. The van der Waals surface area contributed by atoms with E-state index in [1.807, 2.05) is 0 Å². The summed E-state index contributed by atoms with van der Waals surface area (Å²) >= 11 is 0. The van der Waals surface area contributed by atoms with Gasteiger partial charge >= 0.3 is 0 Å². The molecule has 2 aromatic carbocycles. The highest BCUT2D eigenvalue weighted by molar-refractivity contribution is 6.23. The Kier molecular flexibility index (Phi) is 2.63. The number of Topliss-reactive ketones (excluding diaryl/α,β-unsaturated/α-hetero) is 1. The van der Waals surface area contributed by atoms with E-state index in [4.69, 9.17) is 1.37 Å². The molecule has 2 aromatic rings. The highest BCUT2D eigenvalue weighted by Gasteiger charge is 2.36. The van der Waals surface area contributed by atoms with Crippen LogP contribution < -0.4 is 0 Å². The fraction of sp³-hybridized carbons (Fsp3) is 0.0625. The van der Waals surface area contributed by atoms with E-state index in [9.17, 15) is 14.4 Å². The van der Waals surface area contributed by atoms with E-state index in [0.29, 0.717) is 10.5 Å². The second-order valence-electron chi connectivity index (χ2n) is 4.39. The Labute approximate surface area is 117 Å². The lowest BCUT2D eigenvalue weighted by molar-refractivity contribution is 0.0624. The number of carbonyl (C=O) groups is 3. The van der Waals surface area contributed by atoms with Crippen LogP contribution in [0.3, 0.4) is 0 Å². The summed E-state index contributed by atoms with van der Waals surface area (Å²) in [6.45, 7) is -1.57. The van der Waals surface area contributed by atoms with Gasteiger partial charge in [0.15, 0.2) is 5.78 Å². The number of hydrogen-bond donors (Lipinski definition) is 0. The lowest BCUT2D eigenvalue weighted by Crippen LogP contribution is -2.34. The fourth-order valence-electron chi connectivity index (χ4n) is 2.12. The number of imide groups is 1. The van der Waals surface area contributed by atoms with E-state index in [-0.39, 0.29) is 11.1 Å². The van der Waals surface area contributed by atoms with Gasteiger partial charge in [-0.25, -0.2) is 0 Å². The molecular weight excluding hydrogens is 254 g/mol. The van der Waals surface area contributed by atoms with Gasteiger partial charge in [-0.05, 0) is 12.1 Å². The van der Waals surface area contributed by atoms with Crippen LogP contribution in [0.1, 0.15) is 32.4 Å². The van der Waals surface area contributed by atoms with Crippen molar-refractivity contribution in [3.63, 3.8) is 0 Å². The van der Waals surface area contributed by atoms with E-state index in [0.717, 1.165) is 0 Å². The van der Waals surface area contributed by atoms with Crippen LogP contribution in [0.25, 0.3) is 0 Å². The standard InChI is InChI=1S/C16H11NO3/c18-14(11-6-2-1-3-7-11)10-17-15(19)12-8-4-5-9-13(12)16(17)20/h1-9H,10H2/i10D/t10-/m1/s1. The van der Waals surface area contributed by atoms with Gasteiger partial charge in [0.25, 0.3) is 11.8 Å². The van der Waals surface area contributed by atoms with Crippen LogP contribution in [-0.4, -0.2) is 29.0 Å². The van der Waals surface area contributed by atoms with E-state index in [1.165, 1.54) is 12.1 Å². The van der Waals surface area contributed by atoms with Gasteiger partial charge in [0.1, 0.15) is 0 Å². The molecule has 0 radical (unpaired) electrons. The van der Waals surface area contributed by atoms with Gasteiger partial charge in [0, 0.05) is 5.56 Å². The van der Waals surface area contributed by atoms with Gasteiger partial charge in [-0.1, -0.05) is 42.5 Å². The molecule has 3 rings (SSSR count). The Balaban J connectivity index is 1.94. The monoisotopic (exact) mass is 266 g/mol. The molecule has 4 nitrogen and oxygen atoms in total. The number of ketones is 1. The minimum atomic E-state index is -1.57. The summed E-state index contributed by atoms with van der Waals surface area (Å²) in [4.78, 5) is 37.4. The Morgan fingerprint density at radius 2 is 1.40 bits per heavy atom. The SMILES string of the molecule is [2H][C@H](C(=O)c1ccccc1)N1C(=O)c2ccccc2C1=O. The van der Waals surface area contributed by atoms with Crippen LogP contribution in [0.4, 0.5) is 0 Å². The minimum Gasteiger partial charge on any atom is -0.292 e. The Bertz CT molecular complexity index is 707. The van der Waals surface area contributed by atoms with Crippen molar-refractivity contribution in [2.75, 3.05) is 6.52 Å². The van der Waals surface area contributed by atoms with Crippen LogP contribution in [0.2, 0.25) is 0 Å². The van der Waals surface area contributed by atoms with Crippen molar-refractivity contribution in [3.05, 3.63) is 71.3 Å². The molecule has 4 heteroatoms. The summed E-state index contributed by atoms with van der Waals surface area (Å²) in [5.74, 6) is -1.77. The third-order valence-electron chi connectivity index (χ3n) is 3.13. The second kappa shape index (κ2) is 4.74. The van der Waals surface area contributed by atoms with Crippen molar-refractivity contribution in [1.82, 2.24) is 4.90 Å². The number of benzene rings is 2. The first-order valence-corrected chi connectivity index (χ1v) is 6.09. The van der Waals surface area contributed by atoms with Gasteiger partial charge in [-0.3, -0.25) is 19.3 Å². The third kappa shape index (κ3) is 1.91.